The highest BCUT2D eigenvalue weighted by atomic mass is 35.5. The van der Waals surface area contributed by atoms with Crippen LogP contribution >= 0.6 is 11.6 Å². The van der Waals surface area contributed by atoms with Crippen LogP contribution in [0.2, 0.25) is 5.02 Å². The van der Waals surface area contributed by atoms with Gasteiger partial charge in [0.05, 0.1) is 11.1 Å². The Morgan fingerprint density at radius 3 is 2.35 bits per heavy atom. The highest BCUT2D eigenvalue weighted by molar-refractivity contribution is 7.89. The molecule has 156 valence electrons. The third-order valence-electron chi connectivity index (χ3n) is 5.74. The Morgan fingerprint density at radius 1 is 0.871 bits per heavy atom. The summed E-state index contributed by atoms with van der Waals surface area (Å²) in [6.45, 7) is 2.26. The quantitative estimate of drug-likeness (QED) is 0.401. The monoisotopic (exact) mass is 448 g/mol. The van der Waals surface area contributed by atoms with Gasteiger partial charge in [-0.2, -0.15) is 4.31 Å². The summed E-state index contributed by atoms with van der Waals surface area (Å²) in [4.78, 5) is 0.117. The van der Waals surface area contributed by atoms with Crippen molar-refractivity contribution in [3.8, 4) is 5.69 Å². The molecular formula is C25H21ClN2O2S. The molecule has 0 fully saturated rings. The summed E-state index contributed by atoms with van der Waals surface area (Å²) >= 11 is 6.35. The summed E-state index contributed by atoms with van der Waals surface area (Å²) in [6.07, 6.45) is 1.99. The molecule has 0 amide bonds. The van der Waals surface area contributed by atoms with Crippen LogP contribution < -0.4 is 0 Å². The molecule has 1 aliphatic heterocycles. The van der Waals surface area contributed by atoms with Gasteiger partial charge in [-0.25, -0.2) is 8.42 Å². The largest absolute Gasteiger partial charge is 0.319 e. The predicted octanol–water partition coefficient (Wildman–Crippen LogP) is 5.73. The lowest BCUT2D eigenvalue weighted by Gasteiger charge is -2.30. The summed E-state index contributed by atoms with van der Waals surface area (Å²) in [5, 5.41) is 0.220. The first-order valence-electron chi connectivity index (χ1n) is 10.1. The highest BCUT2D eigenvalue weighted by Crippen LogP contribution is 2.40. The standard InChI is InChI=1S/C25H21ClN2O2S/c1-18-12-14-19(15-13-18)25-23-10-6-16-27(23)22-9-4-2-7-20(22)17-28(25)31(29,30)24-11-5-3-8-21(24)26/h2-16,25H,17H2,1H3/t25-/m0/s1. The van der Waals surface area contributed by atoms with Crippen LogP contribution in [0.3, 0.4) is 0 Å². The lowest BCUT2D eigenvalue weighted by atomic mass is 10.0. The summed E-state index contributed by atoms with van der Waals surface area (Å²) in [7, 11) is -3.90. The smallest absolute Gasteiger partial charge is 0.245 e. The number of sulfonamides is 1. The van der Waals surface area contributed by atoms with E-state index in [4.69, 9.17) is 11.6 Å². The van der Waals surface area contributed by atoms with E-state index in [0.717, 1.165) is 28.1 Å². The molecule has 6 heteroatoms. The SMILES string of the molecule is Cc1ccc([C@H]2c3cccn3-c3ccccc3CN2S(=O)(=O)c2ccccc2Cl)cc1. The van der Waals surface area contributed by atoms with Crippen molar-refractivity contribution >= 4 is 21.6 Å². The maximum Gasteiger partial charge on any atom is 0.245 e. The van der Waals surface area contributed by atoms with E-state index in [1.54, 1.807) is 28.6 Å². The molecule has 2 heterocycles. The third-order valence-corrected chi connectivity index (χ3v) is 8.05. The molecule has 0 bridgehead atoms. The van der Waals surface area contributed by atoms with Gasteiger partial charge in [0.25, 0.3) is 0 Å². The van der Waals surface area contributed by atoms with Crippen molar-refractivity contribution in [2.24, 2.45) is 0 Å². The van der Waals surface area contributed by atoms with Crippen LogP contribution in [0.15, 0.2) is 96.0 Å². The number of benzene rings is 3. The van der Waals surface area contributed by atoms with Crippen LogP contribution in [0.4, 0.5) is 0 Å². The molecule has 31 heavy (non-hydrogen) atoms. The maximum atomic E-state index is 14.0. The zero-order valence-corrected chi connectivity index (χ0v) is 18.5. The normalized spacial score (nSPS) is 16.4. The van der Waals surface area contributed by atoms with E-state index in [1.807, 2.05) is 73.8 Å². The fourth-order valence-electron chi connectivity index (χ4n) is 4.21. The van der Waals surface area contributed by atoms with E-state index in [1.165, 1.54) is 0 Å². The van der Waals surface area contributed by atoms with Gasteiger partial charge in [-0.15, -0.1) is 0 Å². The number of nitrogens with zero attached hydrogens (tertiary/aromatic N) is 2. The third kappa shape index (κ3) is 3.39. The molecule has 4 nitrogen and oxygen atoms in total. The molecule has 4 aromatic rings. The molecule has 1 aliphatic rings. The fraction of sp³-hybridized carbons (Fsp3) is 0.120. The Balaban J connectivity index is 1.79. The second-order valence-electron chi connectivity index (χ2n) is 7.73. The lowest BCUT2D eigenvalue weighted by molar-refractivity contribution is 0.353. The van der Waals surface area contributed by atoms with Crippen LogP contribution in [0.5, 0.6) is 0 Å². The number of rotatable bonds is 3. The number of aromatic nitrogens is 1. The highest BCUT2D eigenvalue weighted by Gasteiger charge is 2.38. The van der Waals surface area contributed by atoms with Gasteiger partial charge >= 0.3 is 0 Å². The van der Waals surface area contributed by atoms with Crippen LogP contribution in [0.1, 0.15) is 28.4 Å². The van der Waals surface area contributed by atoms with E-state index in [0.29, 0.717) is 0 Å². The summed E-state index contributed by atoms with van der Waals surface area (Å²) in [5.74, 6) is 0. The van der Waals surface area contributed by atoms with E-state index >= 15 is 0 Å². The molecule has 0 N–H and O–H groups in total. The van der Waals surface area contributed by atoms with Gasteiger partial charge in [-0.1, -0.05) is 71.8 Å². The minimum atomic E-state index is -3.90. The molecule has 0 spiro atoms. The molecule has 0 radical (unpaired) electrons. The molecule has 0 aliphatic carbocycles. The number of aryl methyl sites for hydroxylation is 1. The zero-order valence-electron chi connectivity index (χ0n) is 16.9. The van der Waals surface area contributed by atoms with Gasteiger partial charge in [0.15, 0.2) is 0 Å². The predicted molar refractivity (Wildman–Crippen MR) is 123 cm³/mol. The van der Waals surface area contributed by atoms with Gasteiger partial charge in [0.2, 0.25) is 10.0 Å². The van der Waals surface area contributed by atoms with Crippen molar-refractivity contribution in [3.05, 3.63) is 119 Å². The fourth-order valence-corrected chi connectivity index (χ4v) is 6.27. The lowest BCUT2D eigenvalue weighted by Crippen LogP contribution is -2.35. The Morgan fingerprint density at radius 2 is 1.58 bits per heavy atom. The summed E-state index contributed by atoms with van der Waals surface area (Å²) in [6, 6.07) is 26.0. The van der Waals surface area contributed by atoms with Crippen molar-refractivity contribution in [1.82, 2.24) is 8.87 Å². The minimum Gasteiger partial charge on any atom is -0.319 e. The average molecular weight is 449 g/mol. The molecular weight excluding hydrogens is 428 g/mol. The van der Waals surface area contributed by atoms with Crippen LogP contribution in [-0.2, 0) is 16.6 Å². The van der Waals surface area contributed by atoms with Crippen LogP contribution in [0, 0.1) is 6.92 Å². The Labute approximate surface area is 187 Å². The number of hydrogen-bond donors (Lipinski definition) is 0. The Hall–Kier alpha value is -2.86. The van der Waals surface area contributed by atoms with Gasteiger partial charge in [-0.3, -0.25) is 0 Å². The molecule has 3 aromatic carbocycles. The Kier molecular flexibility index (Phi) is 4.97. The van der Waals surface area contributed by atoms with E-state index in [9.17, 15) is 8.42 Å². The molecule has 0 saturated heterocycles. The first kappa shape index (κ1) is 20.1. The summed E-state index contributed by atoms with van der Waals surface area (Å²) < 4.78 is 31.6. The molecule has 1 atom stereocenters. The molecule has 0 saturated carbocycles. The Bertz CT molecular complexity index is 1360. The number of fused-ring (bicyclic) bond motifs is 3. The number of halogens is 1. The van der Waals surface area contributed by atoms with Gasteiger partial charge in [-0.05, 0) is 48.4 Å². The van der Waals surface area contributed by atoms with Gasteiger partial charge in [0, 0.05) is 24.1 Å². The second kappa shape index (κ2) is 7.68. The summed E-state index contributed by atoms with van der Waals surface area (Å²) in [5.41, 5.74) is 4.84. The van der Waals surface area contributed by atoms with Crippen molar-refractivity contribution < 1.29 is 8.42 Å². The second-order valence-corrected chi connectivity index (χ2v) is 9.99. The van der Waals surface area contributed by atoms with Crippen molar-refractivity contribution in [2.75, 3.05) is 0 Å². The minimum absolute atomic E-state index is 0.117. The molecule has 0 unspecified atom stereocenters. The topological polar surface area (TPSA) is 42.3 Å². The van der Waals surface area contributed by atoms with Crippen molar-refractivity contribution in [1.29, 1.82) is 0 Å². The first-order chi connectivity index (χ1) is 15.0. The number of para-hydroxylation sites is 1. The number of hydrogen-bond acceptors (Lipinski definition) is 2. The van der Waals surface area contributed by atoms with E-state index in [-0.39, 0.29) is 16.5 Å². The first-order valence-corrected chi connectivity index (χ1v) is 11.9. The maximum absolute atomic E-state index is 14.0. The van der Waals surface area contributed by atoms with Crippen molar-refractivity contribution in [2.45, 2.75) is 24.4 Å². The van der Waals surface area contributed by atoms with E-state index < -0.39 is 16.1 Å². The van der Waals surface area contributed by atoms with Crippen molar-refractivity contribution in [3.63, 3.8) is 0 Å². The van der Waals surface area contributed by atoms with Gasteiger partial charge < -0.3 is 4.57 Å². The van der Waals surface area contributed by atoms with Gasteiger partial charge in [0.1, 0.15) is 4.90 Å². The average Bonchev–Trinajstić information content (AvgIpc) is 3.19. The molecule has 1 aromatic heterocycles. The molecule has 5 rings (SSSR count). The van der Waals surface area contributed by atoms with Crippen LogP contribution in [-0.4, -0.2) is 17.3 Å². The van der Waals surface area contributed by atoms with Crippen LogP contribution in [0.25, 0.3) is 5.69 Å². The zero-order chi connectivity index (χ0) is 21.6. The van der Waals surface area contributed by atoms with E-state index in [2.05, 4.69) is 4.57 Å².